The summed E-state index contributed by atoms with van der Waals surface area (Å²) in [5, 5.41) is 3.67. The number of hydrogen-bond acceptors (Lipinski definition) is 2. The molecule has 132 valence electrons. The number of benzene rings is 1. The van der Waals surface area contributed by atoms with Gasteiger partial charge < -0.3 is 9.88 Å². The molecule has 3 nitrogen and oxygen atoms in total. The van der Waals surface area contributed by atoms with Crippen molar-refractivity contribution in [3.05, 3.63) is 65.1 Å². The SMILES string of the molecule is CCC=N/C(=C\c1c(C)ccn1Cc1ccccc1)C(C)NC1CC1. The van der Waals surface area contributed by atoms with Crippen molar-refractivity contribution in [2.45, 2.75) is 58.7 Å². The lowest BCUT2D eigenvalue weighted by Crippen LogP contribution is -2.29. The molecule has 1 unspecified atom stereocenters. The van der Waals surface area contributed by atoms with Gasteiger partial charge in [-0.1, -0.05) is 37.3 Å². The lowest BCUT2D eigenvalue weighted by Gasteiger charge is -2.15. The van der Waals surface area contributed by atoms with Gasteiger partial charge in [-0.2, -0.15) is 0 Å². The molecule has 1 aromatic carbocycles. The molecule has 3 rings (SSSR count). The molecule has 0 aliphatic heterocycles. The zero-order valence-corrected chi connectivity index (χ0v) is 15.6. The van der Waals surface area contributed by atoms with Gasteiger partial charge in [0.15, 0.2) is 0 Å². The van der Waals surface area contributed by atoms with Crippen LogP contribution in [0.1, 0.15) is 49.9 Å². The average molecular weight is 335 g/mol. The number of hydrogen-bond donors (Lipinski definition) is 1. The van der Waals surface area contributed by atoms with Gasteiger partial charge in [0.05, 0.1) is 5.70 Å². The molecule has 1 aromatic heterocycles. The lowest BCUT2D eigenvalue weighted by atomic mass is 10.1. The van der Waals surface area contributed by atoms with Crippen LogP contribution in [0.2, 0.25) is 0 Å². The third-order valence-corrected chi connectivity index (χ3v) is 4.63. The van der Waals surface area contributed by atoms with Gasteiger partial charge in [-0.3, -0.25) is 4.99 Å². The first-order valence-electron chi connectivity index (χ1n) is 9.37. The molecule has 0 radical (unpaired) electrons. The van der Waals surface area contributed by atoms with Gasteiger partial charge in [-0.05, 0) is 56.4 Å². The Morgan fingerprint density at radius 1 is 1.28 bits per heavy atom. The third kappa shape index (κ3) is 4.93. The zero-order valence-electron chi connectivity index (χ0n) is 15.6. The first-order chi connectivity index (χ1) is 12.2. The third-order valence-electron chi connectivity index (χ3n) is 4.63. The minimum atomic E-state index is 0.273. The Labute approximate surface area is 151 Å². The summed E-state index contributed by atoms with van der Waals surface area (Å²) in [6, 6.07) is 13.7. The van der Waals surface area contributed by atoms with Gasteiger partial charge in [0, 0.05) is 36.7 Å². The number of nitrogens with zero attached hydrogens (tertiary/aromatic N) is 2. The Balaban J connectivity index is 1.87. The van der Waals surface area contributed by atoms with Crippen molar-refractivity contribution < 1.29 is 0 Å². The molecule has 1 heterocycles. The topological polar surface area (TPSA) is 29.3 Å². The van der Waals surface area contributed by atoms with Crippen LogP contribution in [0.15, 0.2) is 53.3 Å². The van der Waals surface area contributed by atoms with Gasteiger partial charge >= 0.3 is 0 Å². The van der Waals surface area contributed by atoms with Crippen LogP contribution in [-0.2, 0) is 6.54 Å². The highest BCUT2D eigenvalue weighted by atomic mass is 15.0. The highest BCUT2D eigenvalue weighted by Crippen LogP contribution is 2.23. The molecule has 0 spiro atoms. The van der Waals surface area contributed by atoms with Crippen LogP contribution in [-0.4, -0.2) is 22.9 Å². The maximum absolute atomic E-state index is 4.75. The van der Waals surface area contributed by atoms with E-state index in [1.165, 1.54) is 29.7 Å². The summed E-state index contributed by atoms with van der Waals surface area (Å²) in [5.41, 5.74) is 4.97. The van der Waals surface area contributed by atoms with Gasteiger partial charge in [-0.25, -0.2) is 0 Å². The molecule has 0 bridgehead atoms. The fourth-order valence-electron chi connectivity index (χ4n) is 3.01. The van der Waals surface area contributed by atoms with E-state index in [0.717, 1.165) is 18.7 Å². The Morgan fingerprint density at radius 2 is 2.04 bits per heavy atom. The van der Waals surface area contributed by atoms with Crippen LogP contribution in [0.25, 0.3) is 6.08 Å². The second kappa shape index (κ2) is 8.30. The van der Waals surface area contributed by atoms with Crippen LogP contribution in [0.3, 0.4) is 0 Å². The average Bonchev–Trinajstić information content (AvgIpc) is 3.37. The van der Waals surface area contributed by atoms with Crippen molar-refractivity contribution in [2.75, 3.05) is 0 Å². The molecule has 1 N–H and O–H groups in total. The monoisotopic (exact) mass is 335 g/mol. The van der Waals surface area contributed by atoms with Gasteiger partial charge in [0.2, 0.25) is 0 Å². The summed E-state index contributed by atoms with van der Waals surface area (Å²) in [6.07, 6.45) is 9.98. The van der Waals surface area contributed by atoms with E-state index in [1.807, 2.05) is 6.21 Å². The summed E-state index contributed by atoms with van der Waals surface area (Å²) in [5.74, 6) is 0. The van der Waals surface area contributed by atoms with Crippen LogP contribution >= 0.6 is 0 Å². The number of nitrogens with one attached hydrogen (secondary N) is 1. The Bertz CT molecular complexity index is 736. The van der Waals surface area contributed by atoms with Crippen LogP contribution in [0, 0.1) is 6.92 Å². The van der Waals surface area contributed by atoms with E-state index in [2.05, 4.69) is 79.3 Å². The largest absolute Gasteiger partial charge is 0.343 e. The van der Waals surface area contributed by atoms with E-state index in [9.17, 15) is 0 Å². The van der Waals surface area contributed by atoms with E-state index in [0.29, 0.717) is 6.04 Å². The molecular formula is C22H29N3. The van der Waals surface area contributed by atoms with Crippen molar-refractivity contribution in [1.82, 2.24) is 9.88 Å². The molecule has 1 aliphatic carbocycles. The smallest absolute Gasteiger partial charge is 0.0587 e. The molecule has 1 fully saturated rings. The van der Waals surface area contributed by atoms with E-state index < -0.39 is 0 Å². The number of aryl methyl sites for hydroxylation is 1. The Kier molecular flexibility index (Phi) is 5.87. The molecule has 1 aliphatic rings. The maximum atomic E-state index is 4.75. The fraction of sp³-hybridized carbons (Fsp3) is 0.409. The molecule has 0 saturated heterocycles. The summed E-state index contributed by atoms with van der Waals surface area (Å²) in [4.78, 5) is 4.75. The predicted octanol–water partition coefficient (Wildman–Crippen LogP) is 4.81. The minimum absolute atomic E-state index is 0.273. The van der Waals surface area contributed by atoms with Crippen LogP contribution in [0.5, 0.6) is 0 Å². The van der Waals surface area contributed by atoms with Gasteiger partial charge in [0.1, 0.15) is 0 Å². The van der Waals surface area contributed by atoms with Gasteiger partial charge in [-0.15, -0.1) is 0 Å². The molecular weight excluding hydrogens is 306 g/mol. The quantitative estimate of drug-likeness (QED) is 0.689. The highest BCUT2D eigenvalue weighted by molar-refractivity contribution is 5.63. The molecule has 3 heteroatoms. The molecule has 1 saturated carbocycles. The first-order valence-corrected chi connectivity index (χ1v) is 9.37. The second-order valence-corrected chi connectivity index (χ2v) is 6.95. The van der Waals surface area contributed by atoms with Crippen molar-refractivity contribution in [3.63, 3.8) is 0 Å². The van der Waals surface area contributed by atoms with Crippen molar-refractivity contribution in [1.29, 1.82) is 0 Å². The highest BCUT2D eigenvalue weighted by Gasteiger charge is 2.24. The van der Waals surface area contributed by atoms with Crippen molar-refractivity contribution in [3.8, 4) is 0 Å². The van der Waals surface area contributed by atoms with E-state index >= 15 is 0 Å². The molecule has 2 aromatic rings. The summed E-state index contributed by atoms with van der Waals surface area (Å²) >= 11 is 0. The fourth-order valence-corrected chi connectivity index (χ4v) is 3.01. The predicted molar refractivity (Wildman–Crippen MR) is 107 cm³/mol. The normalized spacial score (nSPS) is 16.5. The molecule has 25 heavy (non-hydrogen) atoms. The standard InChI is InChI=1S/C22H29N3/c1-4-13-23-21(18(3)24-20-10-11-20)15-22-17(2)12-14-25(22)16-19-8-6-5-7-9-19/h5-9,12-15,18,20,24H,4,10-11,16H2,1-3H3/b21-15-,23-13?. The van der Waals surface area contributed by atoms with Crippen LogP contribution in [0.4, 0.5) is 0 Å². The van der Waals surface area contributed by atoms with Crippen molar-refractivity contribution >= 4 is 12.3 Å². The number of rotatable bonds is 8. The summed E-state index contributed by atoms with van der Waals surface area (Å²) < 4.78 is 2.32. The number of aromatic nitrogens is 1. The lowest BCUT2D eigenvalue weighted by molar-refractivity contribution is 0.603. The van der Waals surface area contributed by atoms with Gasteiger partial charge in [0.25, 0.3) is 0 Å². The van der Waals surface area contributed by atoms with Crippen molar-refractivity contribution in [2.24, 2.45) is 4.99 Å². The molecule has 1 atom stereocenters. The Morgan fingerprint density at radius 3 is 2.72 bits per heavy atom. The summed E-state index contributed by atoms with van der Waals surface area (Å²) in [7, 11) is 0. The van der Waals surface area contributed by atoms with E-state index in [-0.39, 0.29) is 6.04 Å². The van der Waals surface area contributed by atoms with Crippen LogP contribution < -0.4 is 5.32 Å². The molecule has 0 amide bonds. The van der Waals surface area contributed by atoms with E-state index in [4.69, 9.17) is 4.99 Å². The minimum Gasteiger partial charge on any atom is -0.343 e. The Hall–Kier alpha value is -2.13. The number of aliphatic imine (C=N–C) groups is 1. The van der Waals surface area contributed by atoms with E-state index in [1.54, 1.807) is 0 Å². The maximum Gasteiger partial charge on any atom is 0.0587 e. The summed E-state index contributed by atoms with van der Waals surface area (Å²) in [6.45, 7) is 7.41. The zero-order chi connectivity index (χ0) is 17.6. The first kappa shape index (κ1) is 17.7. The second-order valence-electron chi connectivity index (χ2n) is 6.95.